The Balaban J connectivity index is 2.09. The molecule has 4 heteroatoms. The van der Waals surface area contributed by atoms with Crippen molar-refractivity contribution in [2.45, 2.75) is 44.4 Å². The second kappa shape index (κ2) is 6.52. The smallest absolute Gasteiger partial charge is 0.254 e. The lowest BCUT2D eigenvalue weighted by molar-refractivity contribution is 0.0554. The monoisotopic (exact) mass is 355 g/mol. The van der Waals surface area contributed by atoms with Gasteiger partial charge in [0.2, 0.25) is 0 Å². The van der Waals surface area contributed by atoms with Crippen LogP contribution in [-0.4, -0.2) is 23.9 Å². The Morgan fingerprint density at radius 1 is 1.30 bits per heavy atom. The maximum absolute atomic E-state index is 12.6. The first-order chi connectivity index (χ1) is 9.51. The van der Waals surface area contributed by atoms with E-state index < -0.39 is 0 Å². The van der Waals surface area contributed by atoms with Crippen molar-refractivity contribution < 1.29 is 4.79 Å². The van der Waals surface area contributed by atoms with Crippen molar-refractivity contribution in [1.29, 1.82) is 0 Å². The van der Waals surface area contributed by atoms with Gasteiger partial charge in [-0.2, -0.15) is 0 Å². The minimum Gasteiger partial charge on any atom is -0.339 e. The number of thiol groups is 1. The second-order valence-electron chi connectivity index (χ2n) is 5.66. The number of halogens is 1. The Labute approximate surface area is 135 Å². The topological polar surface area (TPSA) is 20.3 Å². The number of hydrogen-bond acceptors (Lipinski definition) is 2. The highest BCUT2D eigenvalue weighted by atomic mass is 79.9. The van der Waals surface area contributed by atoms with Gasteiger partial charge in [-0.15, -0.1) is 12.6 Å². The number of nitrogens with zero attached hydrogens (tertiary/aromatic N) is 1. The van der Waals surface area contributed by atoms with Gasteiger partial charge in [0.1, 0.15) is 0 Å². The maximum Gasteiger partial charge on any atom is 0.254 e. The fourth-order valence-corrected chi connectivity index (χ4v) is 3.84. The fourth-order valence-electron chi connectivity index (χ4n) is 3.00. The van der Waals surface area contributed by atoms with Gasteiger partial charge in [0.15, 0.2) is 0 Å². The lowest BCUT2D eigenvalue weighted by Crippen LogP contribution is -2.42. The standard InChI is InChI=1S/C16H22BrNOS/c1-3-16(4-2)7-9-18(10-8-16)15(19)13-6-5-12(17)11-14(13)20/h5-6,11,20H,3-4,7-10H2,1-2H3. The molecule has 1 saturated heterocycles. The summed E-state index contributed by atoms with van der Waals surface area (Å²) < 4.78 is 0.952. The summed E-state index contributed by atoms with van der Waals surface area (Å²) in [6, 6.07) is 5.64. The Bertz CT molecular complexity index is 489. The van der Waals surface area contributed by atoms with E-state index in [9.17, 15) is 4.79 Å². The number of likely N-dealkylation sites (tertiary alicyclic amines) is 1. The van der Waals surface area contributed by atoms with Gasteiger partial charge < -0.3 is 4.90 Å². The van der Waals surface area contributed by atoms with Gasteiger partial charge in [0, 0.05) is 22.5 Å². The van der Waals surface area contributed by atoms with Gasteiger partial charge in [-0.3, -0.25) is 4.79 Å². The SMILES string of the molecule is CCC1(CC)CCN(C(=O)c2ccc(Br)cc2S)CC1. The third kappa shape index (κ3) is 3.22. The molecule has 0 unspecified atom stereocenters. The average molecular weight is 356 g/mol. The van der Waals surface area contributed by atoms with Crippen LogP contribution in [0.5, 0.6) is 0 Å². The van der Waals surface area contributed by atoms with Crippen molar-refractivity contribution in [3.05, 3.63) is 28.2 Å². The number of rotatable bonds is 3. The molecule has 1 aromatic carbocycles. The maximum atomic E-state index is 12.6. The zero-order chi connectivity index (χ0) is 14.8. The van der Waals surface area contributed by atoms with Crippen LogP contribution in [-0.2, 0) is 0 Å². The summed E-state index contributed by atoms with van der Waals surface area (Å²) in [7, 11) is 0. The summed E-state index contributed by atoms with van der Waals surface area (Å²) in [6.07, 6.45) is 4.65. The number of carbonyl (C=O) groups excluding carboxylic acids is 1. The summed E-state index contributed by atoms with van der Waals surface area (Å²) in [4.78, 5) is 15.3. The van der Waals surface area contributed by atoms with Crippen LogP contribution in [0.15, 0.2) is 27.6 Å². The van der Waals surface area contributed by atoms with E-state index in [0.717, 1.165) is 35.3 Å². The predicted molar refractivity (Wildman–Crippen MR) is 89.5 cm³/mol. The Hall–Kier alpha value is -0.480. The van der Waals surface area contributed by atoms with Crippen LogP contribution < -0.4 is 0 Å². The van der Waals surface area contributed by atoms with Crippen molar-refractivity contribution in [2.75, 3.05) is 13.1 Å². The molecule has 1 aliphatic rings. The summed E-state index contributed by atoms with van der Waals surface area (Å²) in [5, 5.41) is 0. The van der Waals surface area contributed by atoms with E-state index in [1.165, 1.54) is 12.8 Å². The molecule has 1 aromatic rings. The molecule has 2 nitrogen and oxygen atoms in total. The van der Waals surface area contributed by atoms with E-state index in [0.29, 0.717) is 11.0 Å². The Morgan fingerprint density at radius 3 is 2.40 bits per heavy atom. The highest BCUT2D eigenvalue weighted by Crippen LogP contribution is 2.38. The first kappa shape index (κ1) is 15.9. The fraction of sp³-hybridized carbons (Fsp3) is 0.562. The van der Waals surface area contributed by atoms with Crippen molar-refractivity contribution >= 4 is 34.5 Å². The quantitative estimate of drug-likeness (QED) is 0.773. The van der Waals surface area contributed by atoms with Crippen molar-refractivity contribution in [3.8, 4) is 0 Å². The average Bonchev–Trinajstić information content (AvgIpc) is 2.47. The van der Waals surface area contributed by atoms with Crippen molar-refractivity contribution in [1.82, 2.24) is 4.90 Å². The molecule has 2 rings (SSSR count). The van der Waals surface area contributed by atoms with E-state index in [1.807, 2.05) is 23.1 Å². The summed E-state index contributed by atoms with van der Waals surface area (Å²) in [5.41, 5.74) is 1.15. The van der Waals surface area contributed by atoms with E-state index in [2.05, 4.69) is 42.4 Å². The molecule has 0 aliphatic carbocycles. The lowest BCUT2D eigenvalue weighted by atomic mass is 9.74. The zero-order valence-corrected chi connectivity index (χ0v) is 14.6. The summed E-state index contributed by atoms with van der Waals surface area (Å²) in [5.74, 6) is 0.114. The van der Waals surface area contributed by atoms with Gasteiger partial charge in [0.25, 0.3) is 5.91 Å². The predicted octanol–water partition coefficient (Wildman–Crippen LogP) is 4.78. The van der Waals surface area contributed by atoms with Gasteiger partial charge >= 0.3 is 0 Å². The van der Waals surface area contributed by atoms with Crippen LogP contribution in [0.4, 0.5) is 0 Å². The third-order valence-electron chi connectivity index (χ3n) is 4.80. The van der Waals surface area contributed by atoms with Crippen LogP contribution in [0.25, 0.3) is 0 Å². The first-order valence-corrected chi connectivity index (χ1v) is 8.53. The van der Waals surface area contributed by atoms with Crippen LogP contribution in [0, 0.1) is 5.41 Å². The molecule has 20 heavy (non-hydrogen) atoms. The van der Waals surface area contributed by atoms with Gasteiger partial charge in [-0.1, -0.05) is 42.6 Å². The minimum atomic E-state index is 0.114. The van der Waals surface area contributed by atoms with E-state index >= 15 is 0 Å². The van der Waals surface area contributed by atoms with Crippen LogP contribution in [0.2, 0.25) is 0 Å². The largest absolute Gasteiger partial charge is 0.339 e. The highest BCUT2D eigenvalue weighted by molar-refractivity contribution is 9.10. The number of piperidine rings is 1. The summed E-state index contributed by atoms with van der Waals surface area (Å²) >= 11 is 7.82. The van der Waals surface area contributed by atoms with Crippen LogP contribution in [0.1, 0.15) is 49.9 Å². The molecule has 1 fully saturated rings. The molecule has 0 saturated carbocycles. The Kier molecular flexibility index (Phi) is 5.19. The van der Waals surface area contributed by atoms with Crippen LogP contribution >= 0.6 is 28.6 Å². The van der Waals surface area contributed by atoms with E-state index in [4.69, 9.17) is 0 Å². The third-order valence-corrected chi connectivity index (χ3v) is 5.66. The van der Waals surface area contributed by atoms with Gasteiger partial charge in [-0.25, -0.2) is 0 Å². The van der Waals surface area contributed by atoms with Crippen molar-refractivity contribution in [3.63, 3.8) is 0 Å². The van der Waals surface area contributed by atoms with E-state index in [-0.39, 0.29) is 5.91 Å². The normalized spacial score (nSPS) is 18.1. The first-order valence-electron chi connectivity index (χ1n) is 7.29. The molecule has 1 amide bonds. The molecule has 0 spiro atoms. The second-order valence-corrected chi connectivity index (χ2v) is 7.06. The summed E-state index contributed by atoms with van der Waals surface area (Å²) in [6.45, 7) is 6.26. The number of carbonyl (C=O) groups is 1. The molecule has 110 valence electrons. The molecule has 1 aliphatic heterocycles. The van der Waals surface area contributed by atoms with E-state index in [1.54, 1.807) is 0 Å². The molecule has 0 N–H and O–H groups in total. The minimum absolute atomic E-state index is 0.114. The van der Waals surface area contributed by atoms with Gasteiger partial charge in [-0.05, 0) is 36.5 Å². The Morgan fingerprint density at radius 2 is 1.90 bits per heavy atom. The molecule has 0 atom stereocenters. The molecule has 1 heterocycles. The molecular weight excluding hydrogens is 334 g/mol. The molecule has 0 bridgehead atoms. The number of hydrogen-bond donors (Lipinski definition) is 1. The van der Waals surface area contributed by atoms with Crippen LogP contribution in [0.3, 0.4) is 0 Å². The lowest BCUT2D eigenvalue weighted by Gasteiger charge is -2.41. The molecule has 0 radical (unpaired) electrons. The number of amides is 1. The molecule has 0 aromatic heterocycles. The molecular formula is C16H22BrNOS. The highest BCUT2D eigenvalue weighted by Gasteiger charge is 2.33. The van der Waals surface area contributed by atoms with Gasteiger partial charge in [0.05, 0.1) is 5.56 Å². The van der Waals surface area contributed by atoms with Crippen molar-refractivity contribution in [2.24, 2.45) is 5.41 Å². The zero-order valence-electron chi connectivity index (χ0n) is 12.2. The number of benzene rings is 1.